The van der Waals surface area contributed by atoms with Crippen LogP contribution in [0.4, 0.5) is 0 Å². The first-order chi connectivity index (χ1) is 2.27. The van der Waals surface area contributed by atoms with Gasteiger partial charge in [-0.05, 0) is 6.92 Å². The zero-order valence-electron chi connectivity index (χ0n) is 3.31. The van der Waals surface area contributed by atoms with Crippen molar-refractivity contribution in [1.29, 1.82) is 0 Å². The van der Waals surface area contributed by atoms with Gasteiger partial charge in [-0.15, -0.1) is 6.58 Å². The predicted octanol–water partition coefficient (Wildman–Crippen LogP) is 0.553. The molecule has 0 aliphatic rings. The minimum atomic E-state index is -0.352. The molecule has 0 aromatic rings. The van der Waals surface area contributed by atoms with Gasteiger partial charge in [0.15, 0.2) is 0 Å². The second-order valence-electron chi connectivity index (χ2n) is 0.976. The van der Waals surface area contributed by atoms with Crippen LogP contribution in [0.15, 0.2) is 12.7 Å². The minimum Gasteiger partial charge on any atom is -0.389 e. The zero-order valence-corrected chi connectivity index (χ0v) is 3.31. The molecule has 5 heavy (non-hydrogen) atoms. The summed E-state index contributed by atoms with van der Waals surface area (Å²) in [5.74, 6) is 0. The lowest BCUT2D eigenvalue weighted by atomic mass is 10.4. The Balaban J connectivity index is 2.83. The normalized spacial score (nSPS) is 14.0. The summed E-state index contributed by atoms with van der Waals surface area (Å²) in [5.41, 5.74) is 0. The third-order valence-corrected chi connectivity index (χ3v) is 0.341. The first-order valence-electron chi connectivity index (χ1n) is 1.58. The molecule has 0 aromatic heterocycles. The molecule has 0 heterocycles. The van der Waals surface area contributed by atoms with Gasteiger partial charge in [-0.3, -0.25) is 0 Å². The van der Waals surface area contributed by atoms with E-state index in [1.807, 2.05) is 0 Å². The molecule has 0 saturated carbocycles. The molecule has 30 valence electrons. The van der Waals surface area contributed by atoms with Gasteiger partial charge in [0.1, 0.15) is 0 Å². The Morgan fingerprint density at radius 1 is 2.00 bits per heavy atom. The summed E-state index contributed by atoms with van der Waals surface area (Å²) in [6.07, 6.45) is 1.12. The van der Waals surface area contributed by atoms with Gasteiger partial charge in [0.25, 0.3) is 0 Å². The van der Waals surface area contributed by atoms with E-state index in [1.165, 1.54) is 6.08 Å². The van der Waals surface area contributed by atoms with Crippen LogP contribution < -0.4 is 0 Å². The van der Waals surface area contributed by atoms with E-state index in [2.05, 4.69) is 6.58 Å². The van der Waals surface area contributed by atoms with Crippen molar-refractivity contribution < 1.29 is 5.11 Å². The topological polar surface area (TPSA) is 20.2 Å². The van der Waals surface area contributed by atoms with Crippen molar-refractivity contribution in [2.75, 3.05) is 0 Å². The molecule has 0 bridgehead atoms. The highest BCUT2D eigenvalue weighted by Gasteiger charge is 1.75. The third kappa shape index (κ3) is 3.70. The maximum atomic E-state index is 8.24. The average Bonchev–Trinajstić information content (AvgIpc) is 1.38. The lowest BCUT2D eigenvalue weighted by Gasteiger charge is -1.84. The van der Waals surface area contributed by atoms with Gasteiger partial charge in [0.2, 0.25) is 0 Å². The van der Waals surface area contributed by atoms with Gasteiger partial charge in [-0.2, -0.15) is 0 Å². The van der Waals surface area contributed by atoms with E-state index in [1.54, 1.807) is 6.92 Å². The summed E-state index contributed by atoms with van der Waals surface area (Å²) in [5, 5.41) is 8.24. The van der Waals surface area contributed by atoms with Crippen LogP contribution in [0.3, 0.4) is 0 Å². The smallest absolute Gasteiger partial charge is 0.0690 e. The fourth-order valence-electron chi connectivity index (χ4n) is 0. The molecular weight excluding hydrogens is 64.0 g/mol. The largest absolute Gasteiger partial charge is 0.389 e. The molecule has 0 spiro atoms. The maximum Gasteiger partial charge on any atom is 0.0690 e. The number of rotatable bonds is 1. The first-order valence-corrected chi connectivity index (χ1v) is 1.58. The highest BCUT2D eigenvalue weighted by atomic mass is 16.3. The quantitative estimate of drug-likeness (QED) is 0.448. The molecule has 0 fully saturated rings. The lowest BCUT2D eigenvalue weighted by Crippen LogP contribution is -1.88. The van der Waals surface area contributed by atoms with Gasteiger partial charge in [-0.25, -0.2) is 0 Å². The summed E-state index contributed by atoms with van der Waals surface area (Å²) < 4.78 is 0. The van der Waals surface area contributed by atoms with Crippen LogP contribution in [-0.4, -0.2) is 11.2 Å². The highest BCUT2D eigenvalue weighted by Crippen LogP contribution is 1.73. The number of aliphatic hydroxyl groups is 1. The monoisotopic (exact) mass is 72.1 g/mol. The van der Waals surface area contributed by atoms with Crippen molar-refractivity contribution in [1.82, 2.24) is 0 Å². The summed E-state index contributed by atoms with van der Waals surface area (Å²) in [6, 6.07) is 0. The Morgan fingerprint density at radius 3 is 2.20 bits per heavy atom. The second-order valence-corrected chi connectivity index (χ2v) is 0.976. The van der Waals surface area contributed by atoms with Crippen LogP contribution in [0.1, 0.15) is 6.92 Å². The third-order valence-electron chi connectivity index (χ3n) is 0.341. The van der Waals surface area contributed by atoms with Crippen molar-refractivity contribution >= 4 is 0 Å². The Hall–Kier alpha value is -0.300. The van der Waals surface area contributed by atoms with Crippen molar-refractivity contribution in [3.8, 4) is 0 Å². The van der Waals surface area contributed by atoms with Gasteiger partial charge in [0.05, 0.1) is 6.10 Å². The molecule has 0 rings (SSSR count). The van der Waals surface area contributed by atoms with Crippen molar-refractivity contribution in [2.45, 2.75) is 13.0 Å². The van der Waals surface area contributed by atoms with Crippen LogP contribution in [-0.2, 0) is 0 Å². The molecule has 0 aliphatic heterocycles. The molecule has 0 aliphatic carbocycles. The summed E-state index contributed by atoms with van der Waals surface area (Å²) in [7, 11) is 0. The molecule has 1 atom stereocenters. The SMILES string of the molecule is C=C[C@H](C)O. The lowest BCUT2D eigenvalue weighted by molar-refractivity contribution is 0.244. The summed E-state index contributed by atoms with van der Waals surface area (Å²) >= 11 is 0. The Labute approximate surface area is 31.9 Å². The van der Waals surface area contributed by atoms with E-state index < -0.39 is 0 Å². The number of hydrogen-bond acceptors (Lipinski definition) is 1. The van der Waals surface area contributed by atoms with Gasteiger partial charge in [0, 0.05) is 0 Å². The van der Waals surface area contributed by atoms with Gasteiger partial charge < -0.3 is 5.11 Å². The molecule has 1 heteroatoms. The highest BCUT2D eigenvalue weighted by molar-refractivity contribution is 4.72. The summed E-state index contributed by atoms with van der Waals surface area (Å²) in [4.78, 5) is 0. The van der Waals surface area contributed by atoms with Crippen molar-refractivity contribution in [3.05, 3.63) is 12.7 Å². The molecule has 1 N–H and O–H groups in total. The second kappa shape index (κ2) is 1.97. The first kappa shape index (κ1) is 4.70. The molecule has 1 nitrogen and oxygen atoms in total. The van der Waals surface area contributed by atoms with Crippen LogP contribution >= 0.6 is 0 Å². The van der Waals surface area contributed by atoms with Crippen molar-refractivity contribution in [3.63, 3.8) is 0 Å². The van der Waals surface area contributed by atoms with E-state index in [0.29, 0.717) is 0 Å². The van der Waals surface area contributed by atoms with Crippen LogP contribution in [0.25, 0.3) is 0 Å². The van der Waals surface area contributed by atoms with Crippen LogP contribution in [0.2, 0.25) is 0 Å². The molecule has 0 saturated heterocycles. The molecule has 0 unspecified atom stereocenters. The molecular formula is C4H8O. The zero-order chi connectivity index (χ0) is 4.28. The van der Waals surface area contributed by atoms with E-state index in [9.17, 15) is 0 Å². The van der Waals surface area contributed by atoms with E-state index in [0.717, 1.165) is 0 Å². The minimum absolute atomic E-state index is 0.352. The van der Waals surface area contributed by atoms with E-state index in [-0.39, 0.29) is 6.10 Å². The Bertz CT molecular complexity index is 30.6. The Kier molecular flexibility index (Phi) is 1.85. The number of aliphatic hydroxyl groups excluding tert-OH is 1. The van der Waals surface area contributed by atoms with Crippen LogP contribution in [0, 0.1) is 0 Å². The fourth-order valence-corrected chi connectivity index (χ4v) is 0. The van der Waals surface area contributed by atoms with E-state index >= 15 is 0 Å². The molecule has 0 amide bonds. The maximum absolute atomic E-state index is 8.24. The van der Waals surface area contributed by atoms with Gasteiger partial charge >= 0.3 is 0 Å². The summed E-state index contributed by atoms with van der Waals surface area (Å²) in [6.45, 7) is 4.97. The standard InChI is InChI=1S/C4H8O/c1-3-4(2)5/h3-5H,1H2,2H3/t4-/m0/s1. The van der Waals surface area contributed by atoms with E-state index in [4.69, 9.17) is 5.11 Å². The molecule has 0 aromatic carbocycles. The predicted molar refractivity (Wildman–Crippen MR) is 21.9 cm³/mol. The number of hydrogen-bond donors (Lipinski definition) is 1. The Morgan fingerprint density at radius 2 is 2.20 bits per heavy atom. The average molecular weight is 72.1 g/mol. The van der Waals surface area contributed by atoms with Crippen molar-refractivity contribution in [2.24, 2.45) is 0 Å². The fraction of sp³-hybridized carbons (Fsp3) is 0.500. The molecule has 0 radical (unpaired) electrons. The van der Waals surface area contributed by atoms with Gasteiger partial charge in [-0.1, -0.05) is 6.08 Å². The van der Waals surface area contributed by atoms with Crippen LogP contribution in [0.5, 0.6) is 0 Å².